The van der Waals surface area contributed by atoms with Gasteiger partial charge in [-0.3, -0.25) is 4.79 Å². The standard InChI is InChI=1S/C18H15NO/c1-13-16(12-11-14-7-3-2-4-8-14)19-17-10-6-5-9-15(17)18(13)20/h2-12H,1H3,(H,19,20)/b12-11+. The van der Waals surface area contributed by atoms with Crippen molar-refractivity contribution < 1.29 is 0 Å². The topological polar surface area (TPSA) is 32.9 Å². The number of hydrogen-bond donors (Lipinski definition) is 1. The van der Waals surface area contributed by atoms with Gasteiger partial charge in [0.15, 0.2) is 5.43 Å². The van der Waals surface area contributed by atoms with Gasteiger partial charge < -0.3 is 4.98 Å². The molecule has 3 aromatic rings. The molecule has 2 nitrogen and oxygen atoms in total. The Morgan fingerprint density at radius 2 is 1.60 bits per heavy atom. The molecule has 0 spiro atoms. The number of benzene rings is 2. The van der Waals surface area contributed by atoms with Crippen molar-refractivity contribution in [1.82, 2.24) is 4.98 Å². The van der Waals surface area contributed by atoms with Crippen molar-refractivity contribution in [3.8, 4) is 0 Å². The van der Waals surface area contributed by atoms with Crippen molar-refractivity contribution in [3.05, 3.63) is 81.6 Å². The van der Waals surface area contributed by atoms with Gasteiger partial charge in [-0.15, -0.1) is 0 Å². The van der Waals surface area contributed by atoms with Crippen LogP contribution < -0.4 is 5.43 Å². The zero-order valence-corrected chi connectivity index (χ0v) is 11.3. The molecule has 20 heavy (non-hydrogen) atoms. The number of nitrogens with one attached hydrogen (secondary N) is 1. The lowest BCUT2D eigenvalue weighted by molar-refractivity contribution is 1.27. The van der Waals surface area contributed by atoms with Gasteiger partial charge in [0, 0.05) is 22.2 Å². The number of aromatic nitrogens is 1. The summed E-state index contributed by atoms with van der Waals surface area (Å²) in [7, 11) is 0. The van der Waals surface area contributed by atoms with E-state index in [0.717, 1.165) is 27.7 Å². The van der Waals surface area contributed by atoms with Crippen molar-refractivity contribution in [1.29, 1.82) is 0 Å². The van der Waals surface area contributed by atoms with E-state index in [-0.39, 0.29) is 5.43 Å². The number of fused-ring (bicyclic) bond motifs is 1. The number of para-hydroxylation sites is 1. The Kier molecular flexibility index (Phi) is 3.21. The Labute approximate surface area is 117 Å². The van der Waals surface area contributed by atoms with Gasteiger partial charge in [0.2, 0.25) is 0 Å². The summed E-state index contributed by atoms with van der Waals surface area (Å²) < 4.78 is 0. The van der Waals surface area contributed by atoms with Gasteiger partial charge in [-0.2, -0.15) is 0 Å². The van der Waals surface area contributed by atoms with Gasteiger partial charge in [-0.25, -0.2) is 0 Å². The quantitative estimate of drug-likeness (QED) is 0.743. The maximum atomic E-state index is 12.3. The Morgan fingerprint density at radius 1 is 0.900 bits per heavy atom. The second kappa shape index (κ2) is 5.17. The highest BCUT2D eigenvalue weighted by molar-refractivity contribution is 5.82. The van der Waals surface area contributed by atoms with Crippen LogP contribution >= 0.6 is 0 Å². The molecule has 1 aromatic heterocycles. The van der Waals surface area contributed by atoms with Crippen LogP contribution in [0.1, 0.15) is 16.8 Å². The first kappa shape index (κ1) is 12.4. The van der Waals surface area contributed by atoms with E-state index in [0.29, 0.717) is 0 Å². The smallest absolute Gasteiger partial charge is 0.192 e. The molecule has 0 bridgehead atoms. The molecule has 0 atom stereocenters. The number of aromatic amines is 1. The molecule has 0 amide bonds. The Morgan fingerprint density at radius 3 is 2.40 bits per heavy atom. The van der Waals surface area contributed by atoms with Gasteiger partial charge >= 0.3 is 0 Å². The van der Waals surface area contributed by atoms with Gasteiger partial charge in [0.25, 0.3) is 0 Å². The van der Waals surface area contributed by atoms with Crippen LogP contribution in [0.25, 0.3) is 23.1 Å². The van der Waals surface area contributed by atoms with E-state index in [4.69, 9.17) is 0 Å². The molecule has 0 unspecified atom stereocenters. The Bertz CT molecular complexity index is 829. The maximum Gasteiger partial charge on any atom is 0.192 e. The highest BCUT2D eigenvalue weighted by Gasteiger charge is 2.05. The highest BCUT2D eigenvalue weighted by atomic mass is 16.1. The second-order valence-corrected chi connectivity index (χ2v) is 4.78. The lowest BCUT2D eigenvalue weighted by Crippen LogP contribution is -2.09. The van der Waals surface area contributed by atoms with Crippen LogP contribution in [0, 0.1) is 6.92 Å². The van der Waals surface area contributed by atoms with Crippen molar-refractivity contribution in [2.75, 3.05) is 0 Å². The average Bonchev–Trinajstić information content (AvgIpc) is 2.50. The molecule has 0 fully saturated rings. The SMILES string of the molecule is Cc1c(/C=C/c2ccccc2)[nH]c2ccccc2c1=O. The Hall–Kier alpha value is -2.61. The fourth-order valence-electron chi connectivity index (χ4n) is 2.26. The molecule has 0 aliphatic rings. The van der Waals surface area contributed by atoms with Crippen LogP contribution in [0.3, 0.4) is 0 Å². The van der Waals surface area contributed by atoms with E-state index in [2.05, 4.69) is 4.98 Å². The zero-order chi connectivity index (χ0) is 13.9. The summed E-state index contributed by atoms with van der Waals surface area (Å²) in [5, 5.41) is 0.738. The lowest BCUT2D eigenvalue weighted by atomic mass is 10.1. The minimum atomic E-state index is 0.0899. The van der Waals surface area contributed by atoms with E-state index < -0.39 is 0 Å². The van der Waals surface area contributed by atoms with E-state index >= 15 is 0 Å². The third-order valence-electron chi connectivity index (χ3n) is 3.43. The number of hydrogen-bond acceptors (Lipinski definition) is 1. The number of pyridine rings is 1. The van der Waals surface area contributed by atoms with Crippen LogP contribution in [0.15, 0.2) is 59.4 Å². The van der Waals surface area contributed by atoms with Crippen molar-refractivity contribution in [2.24, 2.45) is 0 Å². The summed E-state index contributed by atoms with van der Waals surface area (Å²) in [6.45, 7) is 1.86. The molecule has 0 aliphatic carbocycles. The molecule has 1 heterocycles. The van der Waals surface area contributed by atoms with Gasteiger partial charge in [-0.1, -0.05) is 48.5 Å². The van der Waals surface area contributed by atoms with Crippen LogP contribution in [0.2, 0.25) is 0 Å². The average molecular weight is 261 g/mol. The van der Waals surface area contributed by atoms with Gasteiger partial charge in [0.1, 0.15) is 0 Å². The predicted molar refractivity (Wildman–Crippen MR) is 84.7 cm³/mol. The van der Waals surface area contributed by atoms with Crippen LogP contribution in [-0.2, 0) is 0 Å². The fourth-order valence-corrected chi connectivity index (χ4v) is 2.26. The highest BCUT2D eigenvalue weighted by Crippen LogP contribution is 2.13. The summed E-state index contributed by atoms with van der Waals surface area (Å²) >= 11 is 0. The summed E-state index contributed by atoms with van der Waals surface area (Å²) in [5.41, 5.74) is 3.68. The van der Waals surface area contributed by atoms with E-state index in [1.165, 1.54) is 0 Å². The molecular weight excluding hydrogens is 246 g/mol. The Balaban J connectivity index is 2.11. The van der Waals surface area contributed by atoms with Crippen LogP contribution in [-0.4, -0.2) is 4.98 Å². The normalized spacial score (nSPS) is 11.2. The minimum Gasteiger partial charge on any atom is -0.355 e. The van der Waals surface area contributed by atoms with E-state index in [1.807, 2.05) is 73.7 Å². The van der Waals surface area contributed by atoms with Crippen molar-refractivity contribution in [3.63, 3.8) is 0 Å². The van der Waals surface area contributed by atoms with E-state index in [1.54, 1.807) is 0 Å². The van der Waals surface area contributed by atoms with E-state index in [9.17, 15) is 4.79 Å². The fraction of sp³-hybridized carbons (Fsp3) is 0.0556. The van der Waals surface area contributed by atoms with Crippen molar-refractivity contribution in [2.45, 2.75) is 6.92 Å². The largest absolute Gasteiger partial charge is 0.355 e. The first-order chi connectivity index (χ1) is 9.75. The third kappa shape index (κ3) is 2.28. The van der Waals surface area contributed by atoms with Crippen molar-refractivity contribution >= 4 is 23.1 Å². The maximum absolute atomic E-state index is 12.3. The summed E-state index contributed by atoms with van der Waals surface area (Å²) in [4.78, 5) is 15.6. The summed E-state index contributed by atoms with van der Waals surface area (Å²) in [6.07, 6.45) is 3.96. The first-order valence-electron chi connectivity index (χ1n) is 6.60. The lowest BCUT2D eigenvalue weighted by Gasteiger charge is -2.04. The summed E-state index contributed by atoms with van der Waals surface area (Å²) in [5.74, 6) is 0. The second-order valence-electron chi connectivity index (χ2n) is 4.78. The molecule has 2 heteroatoms. The molecule has 0 aliphatic heterocycles. The first-order valence-corrected chi connectivity index (χ1v) is 6.60. The molecule has 1 N–H and O–H groups in total. The molecule has 0 radical (unpaired) electrons. The van der Waals surface area contributed by atoms with Gasteiger partial charge in [-0.05, 0) is 30.7 Å². The van der Waals surface area contributed by atoms with Crippen LogP contribution in [0.4, 0.5) is 0 Å². The minimum absolute atomic E-state index is 0.0899. The monoisotopic (exact) mass is 261 g/mol. The molecule has 3 rings (SSSR count). The molecule has 2 aromatic carbocycles. The van der Waals surface area contributed by atoms with Gasteiger partial charge in [0.05, 0.1) is 0 Å². The molecular formula is C18H15NO. The molecule has 0 saturated carbocycles. The predicted octanol–water partition coefficient (Wildman–Crippen LogP) is 4.01. The number of H-pyrrole nitrogens is 1. The molecule has 0 saturated heterocycles. The summed E-state index contributed by atoms with van der Waals surface area (Å²) in [6, 6.07) is 17.6. The molecule has 98 valence electrons. The van der Waals surface area contributed by atoms with Crippen LogP contribution in [0.5, 0.6) is 0 Å². The number of rotatable bonds is 2. The zero-order valence-electron chi connectivity index (χ0n) is 11.3. The third-order valence-corrected chi connectivity index (χ3v) is 3.43.